The molecule has 2 aromatic carbocycles. The van der Waals surface area contributed by atoms with E-state index in [4.69, 9.17) is 11.6 Å². The minimum absolute atomic E-state index is 0.0963. The highest BCUT2D eigenvalue weighted by atomic mass is 35.5. The van der Waals surface area contributed by atoms with Gasteiger partial charge in [-0.15, -0.1) is 0 Å². The molecule has 1 atom stereocenters. The molecule has 0 aliphatic carbocycles. The number of ketones is 1. The van der Waals surface area contributed by atoms with Gasteiger partial charge in [-0.05, 0) is 56.2 Å². The van der Waals surface area contributed by atoms with Crippen LogP contribution in [0.5, 0.6) is 0 Å². The van der Waals surface area contributed by atoms with E-state index in [-0.39, 0.29) is 23.1 Å². The number of rotatable bonds is 5. The van der Waals surface area contributed by atoms with E-state index < -0.39 is 15.9 Å². The van der Waals surface area contributed by atoms with Crippen LogP contribution in [0, 0.1) is 5.92 Å². The Morgan fingerprint density at radius 1 is 1.11 bits per heavy atom. The van der Waals surface area contributed by atoms with Gasteiger partial charge in [0.1, 0.15) is 0 Å². The molecule has 1 heterocycles. The van der Waals surface area contributed by atoms with Crippen LogP contribution in [0.3, 0.4) is 0 Å². The molecular formula is C20H21ClN2O4S. The molecule has 0 radical (unpaired) electrons. The average molecular weight is 421 g/mol. The van der Waals surface area contributed by atoms with Crippen LogP contribution in [-0.4, -0.2) is 37.5 Å². The maximum Gasteiger partial charge on any atom is 0.243 e. The van der Waals surface area contributed by atoms with Crippen molar-refractivity contribution < 1.29 is 18.0 Å². The maximum atomic E-state index is 12.9. The Morgan fingerprint density at radius 2 is 1.79 bits per heavy atom. The van der Waals surface area contributed by atoms with Gasteiger partial charge in [-0.3, -0.25) is 9.59 Å². The van der Waals surface area contributed by atoms with Gasteiger partial charge in [0.25, 0.3) is 0 Å². The molecule has 148 valence electrons. The lowest BCUT2D eigenvalue weighted by atomic mass is 9.98. The molecule has 1 aliphatic heterocycles. The molecule has 0 spiro atoms. The highest BCUT2D eigenvalue weighted by molar-refractivity contribution is 7.89. The molecule has 1 fully saturated rings. The summed E-state index contributed by atoms with van der Waals surface area (Å²) in [5.74, 6) is -0.924. The standard InChI is InChI=1S/C20H21ClN2O4S/c1-14(24)18-6-2-3-7-19(18)22-20(25)15-5-4-12-23(13-15)28(26,27)17-10-8-16(21)9-11-17/h2-3,6-11,15H,4-5,12-13H2,1H3,(H,22,25). The largest absolute Gasteiger partial charge is 0.325 e. The molecule has 1 amide bonds. The molecular weight excluding hydrogens is 400 g/mol. The van der Waals surface area contributed by atoms with Gasteiger partial charge in [0.15, 0.2) is 5.78 Å². The number of piperidine rings is 1. The predicted molar refractivity (Wildman–Crippen MR) is 108 cm³/mol. The summed E-state index contributed by atoms with van der Waals surface area (Å²) in [4.78, 5) is 24.6. The Balaban J connectivity index is 1.75. The zero-order valence-electron chi connectivity index (χ0n) is 15.4. The summed E-state index contributed by atoms with van der Waals surface area (Å²) in [5, 5.41) is 3.24. The number of benzene rings is 2. The van der Waals surface area contributed by atoms with E-state index in [9.17, 15) is 18.0 Å². The number of para-hydroxylation sites is 1. The van der Waals surface area contributed by atoms with Crippen molar-refractivity contribution in [2.45, 2.75) is 24.7 Å². The number of hydrogen-bond donors (Lipinski definition) is 1. The van der Waals surface area contributed by atoms with E-state index in [1.54, 1.807) is 24.3 Å². The number of nitrogens with one attached hydrogen (secondary N) is 1. The summed E-state index contributed by atoms with van der Waals surface area (Å²) in [5.41, 5.74) is 0.870. The fourth-order valence-electron chi connectivity index (χ4n) is 3.26. The van der Waals surface area contributed by atoms with Crippen LogP contribution in [0.4, 0.5) is 5.69 Å². The fraction of sp³-hybridized carbons (Fsp3) is 0.300. The summed E-state index contributed by atoms with van der Waals surface area (Å²) in [6, 6.07) is 12.8. The van der Waals surface area contributed by atoms with Crippen LogP contribution in [0.25, 0.3) is 0 Å². The molecule has 1 unspecified atom stereocenters. The minimum atomic E-state index is -3.70. The first-order chi connectivity index (χ1) is 13.3. The quantitative estimate of drug-likeness (QED) is 0.749. The SMILES string of the molecule is CC(=O)c1ccccc1NC(=O)C1CCCN(S(=O)(=O)c2ccc(Cl)cc2)C1. The molecule has 0 saturated carbocycles. The van der Waals surface area contributed by atoms with Gasteiger partial charge in [-0.2, -0.15) is 4.31 Å². The summed E-state index contributed by atoms with van der Waals surface area (Å²) >= 11 is 5.84. The van der Waals surface area contributed by atoms with Gasteiger partial charge in [0.05, 0.1) is 16.5 Å². The molecule has 2 aromatic rings. The molecule has 0 bridgehead atoms. The van der Waals surface area contributed by atoms with Crippen molar-refractivity contribution in [3.8, 4) is 0 Å². The van der Waals surface area contributed by atoms with E-state index in [1.165, 1.54) is 35.5 Å². The Morgan fingerprint density at radius 3 is 2.46 bits per heavy atom. The topological polar surface area (TPSA) is 83.6 Å². The third kappa shape index (κ3) is 4.43. The first-order valence-corrected chi connectivity index (χ1v) is 10.8. The van der Waals surface area contributed by atoms with E-state index in [1.807, 2.05) is 0 Å². The molecule has 28 heavy (non-hydrogen) atoms. The molecule has 3 rings (SSSR count). The normalized spacial score (nSPS) is 17.9. The number of Topliss-reactive ketones (excluding diaryl/α,β-unsaturated/α-hetero) is 1. The van der Waals surface area contributed by atoms with Crippen LogP contribution in [0.2, 0.25) is 5.02 Å². The molecule has 1 saturated heterocycles. The Bertz CT molecular complexity index is 990. The van der Waals surface area contributed by atoms with Gasteiger partial charge >= 0.3 is 0 Å². The number of nitrogens with zero attached hydrogens (tertiary/aromatic N) is 1. The summed E-state index contributed by atoms with van der Waals surface area (Å²) < 4.78 is 27.1. The van der Waals surface area contributed by atoms with Crippen LogP contribution < -0.4 is 5.32 Å². The second kappa shape index (κ2) is 8.43. The van der Waals surface area contributed by atoms with Crippen molar-refractivity contribution >= 4 is 39.0 Å². The molecule has 8 heteroatoms. The van der Waals surface area contributed by atoms with Crippen LogP contribution in [0.15, 0.2) is 53.4 Å². The summed E-state index contributed by atoms with van der Waals surface area (Å²) in [7, 11) is -3.70. The van der Waals surface area contributed by atoms with Crippen LogP contribution in [0.1, 0.15) is 30.1 Å². The number of amides is 1. The molecule has 6 nitrogen and oxygen atoms in total. The van der Waals surface area contributed by atoms with Gasteiger partial charge in [-0.25, -0.2) is 8.42 Å². The van der Waals surface area contributed by atoms with Crippen molar-refractivity contribution in [3.63, 3.8) is 0 Å². The number of hydrogen-bond acceptors (Lipinski definition) is 4. The van der Waals surface area contributed by atoms with E-state index in [2.05, 4.69) is 5.32 Å². The van der Waals surface area contributed by atoms with E-state index >= 15 is 0 Å². The Hall–Kier alpha value is -2.22. The molecule has 0 aromatic heterocycles. The lowest BCUT2D eigenvalue weighted by Crippen LogP contribution is -2.43. The first-order valence-electron chi connectivity index (χ1n) is 8.95. The lowest BCUT2D eigenvalue weighted by molar-refractivity contribution is -0.120. The zero-order valence-corrected chi connectivity index (χ0v) is 17.0. The second-order valence-electron chi connectivity index (χ2n) is 6.75. The lowest BCUT2D eigenvalue weighted by Gasteiger charge is -2.31. The smallest absolute Gasteiger partial charge is 0.243 e. The summed E-state index contributed by atoms with van der Waals surface area (Å²) in [6.45, 7) is 1.89. The van der Waals surface area contributed by atoms with Crippen molar-refractivity contribution in [2.75, 3.05) is 18.4 Å². The average Bonchev–Trinajstić information content (AvgIpc) is 2.68. The number of anilines is 1. The molecule has 1 aliphatic rings. The van der Waals surface area contributed by atoms with Gasteiger partial charge in [-0.1, -0.05) is 23.7 Å². The maximum absolute atomic E-state index is 12.9. The Labute approximate surface area is 169 Å². The number of carbonyl (C=O) groups is 2. The van der Waals surface area contributed by atoms with Crippen LogP contribution in [-0.2, 0) is 14.8 Å². The predicted octanol–water partition coefficient (Wildman–Crippen LogP) is 3.58. The van der Waals surface area contributed by atoms with Crippen molar-refractivity contribution in [2.24, 2.45) is 5.92 Å². The highest BCUT2D eigenvalue weighted by Crippen LogP contribution is 2.26. The third-order valence-electron chi connectivity index (χ3n) is 4.77. The van der Waals surface area contributed by atoms with Gasteiger partial charge < -0.3 is 5.32 Å². The minimum Gasteiger partial charge on any atom is -0.325 e. The number of halogens is 1. The second-order valence-corrected chi connectivity index (χ2v) is 9.12. The van der Waals surface area contributed by atoms with E-state index in [0.717, 1.165) is 0 Å². The van der Waals surface area contributed by atoms with Crippen molar-refractivity contribution in [1.29, 1.82) is 0 Å². The van der Waals surface area contributed by atoms with Crippen molar-refractivity contribution in [1.82, 2.24) is 4.31 Å². The van der Waals surface area contributed by atoms with Gasteiger partial charge in [0, 0.05) is 23.7 Å². The highest BCUT2D eigenvalue weighted by Gasteiger charge is 2.33. The number of sulfonamides is 1. The van der Waals surface area contributed by atoms with Crippen LogP contribution >= 0.6 is 11.6 Å². The fourth-order valence-corrected chi connectivity index (χ4v) is 4.91. The first kappa shape index (κ1) is 20.5. The van der Waals surface area contributed by atoms with E-state index in [0.29, 0.717) is 35.7 Å². The summed E-state index contributed by atoms with van der Waals surface area (Å²) in [6.07, 6.45) is 1.17. The molecule has 1 N–H and O–H groups in total. The number of carbonyl (C=O) groups excluding carboxylic acids is 2. The van der Waals surface area contributed by atoms with Gasteiger partial charge in [0.2, 0.25) is 15.9 Å². The third-order valence-corrected chi connectivity index (χ3v) is 6.90. The van der Waals surface area contributed by atoms with Crippen molar-refractivity contribution in [3.05, 3.63) is 59.1 Å². The zero-order chi connectivity index (χ0) is 20.3. The monoisotopic (exact) mass is 420 g/mol. The Kier molecular flexibility index (Phi) is 6.17.